The molecule has 1 N–H and O–H groups in total. The first-order chi connectivity index (χ1) is 13.5. The van der Waals surface area contributed by atoms with Gasteiger partial charge in [0.2, 0.25) is 5.13 Å². The van der Waals surface area contributed by atoms with Crippen LogP contribution in [-0.2, 0) is 0 Å². The molecular weight excluding hydrogens is 368 g/mol. The van der Waals surface area contributed by atoms with Crippen molar-refractivity contribution in [3.63, 3.8) is 0 Å². The number of hydrogen-bond acceptors (Lipinski definition) is 4. The minimum atomic E-state index is -0.159. The van der Waals surface area contributed by atoms with Crippen LogP contribution in [0, 0.1) is 20.8 Å². The van der Waals surface area contributed by atoms with Gasteiger partial charge in [-0.1, -0.05) is 47.5 Å². The second-order valence-corrected chi connectivity index (χ2v) is 7.63. The molecule has 4 aromatic rings. The van der Waals surface area contributed by atoms with Gasteiger partial charge in [-0.15, -0.1) is 11.3 Å². The maximum Gasteiger partial charge on any atom is 0.256 e. The lowest BCUT2D eigenvalue weighted by Gasteiger charge is -2.08. The average Bonchev–Trinajstić information content (AvgIpc) is 3.28. The second-order valence-electron chi connectivity index (χ2n) is 6.79. The van der Waals surface area contributed by atoms with Crippen LogP contribution in [0.1, 0.15) is 27.2 Å². The fraction of sp³-hybridized carbons (Fsp3) is 0.136. The molecule has 0 saturated heterocycles. The zero-order chi connectivity index (χ0) is 19.7. The van der Waals surface area contributed by atoms with E-state index in [-0.39, 0.29) is 5.91 Å². The number of nitrogens with zero attached hydrogens (tertiary/aromatic N) is 3. The smallest absolute Gasteiger partial charge is 0.256 e. The highest BCUT2D eigenvalue weighted by atomic mass is 32.1. The molecule has 4 rings (SSSR count). The highest BCUT2D eigenvalue weighted by molar-refractivity contribution is 7.12. The number of hydrogen-bond donors (Lipinski definition) is 1. The quantitative estimate of drug-likeness (QED) is 0.524. The molecule has 1 amide bonds. The van der Waals surface area contributed by atoms with Crippen LogP contribution in [-0.4, -0.2) is 20.7 Å². The van der Waals surface area contributed by atoms with Crippen LogP contribution in [0.15, 0.2) is 60.0 Å². The first kappa shape index (κ1) is 18.1. The Morgan fingerprint density at radius 3 is 2.43 bits per heavy atom. The van der Waals surface area contributed by atoms with Crippen LogP contribution in [0.4, 0.5) is 5.82 Å². The summed E-state index contributed by atoms with van der Waals surface area (Å²) < 4.78 is 1.69. The van der Waals surface area contributed by atoms with E-state index in [0.29, 0.717) is 16.5 Å². The van der Waals surface area contributed by atoms with Crippen LogP contribution in [0.25, 0.3) is 16.4 Å². The van der Waals surface area contributed by atoms with Crippen molar-refractivity contribution in [2.45, 2.75) is 20.8 Å². The van der Waals surface area contributed by atoms with Crippen molar-refractivity contribution in [3.8, 4) is 16.4 Å². The summed E-state index contributed by atoms with van der Waals surface area (Å²) in [5, 5.41) is 10.2. The molecule has 0 saturated carbocycles. The molecule has 2 aromatic heterocycles. The molecular formula is C22H20N4OS. The van der Waals surface area contributed by atoms with Crippen LogP contribution < -0.4 is 5.32 Å². The Balaban J connectivity index is 1.64. The van der Waals surface area contributed by atoms with Crippen molar-refractivity contribution in [3.05, 3.63) is 82.4 Å². The fourth-order valence-electron chi connectivity index (χ4n) is 3.13. The first-order valence-electron chi connectivity index (χ1n) is 8.97. The van der Waals surface area contributed by atoms with Crippen molar-refractivity contribution in [1.29, 1.82) is 0 Å². The Hall–Kier alpha value is -3.25. The topological polar surface area (TPSA) is 59.8 Å². The molecule has 0 aliphatic carbocycles. The Kier molecular flexibility index (Phi) is 4.79. The molecule has 0 spiro atoms. The van der Waals surface area contributed by atoms with E-state index in [9.17, 15) is 4.79 Å². The van der Waals surface area contributed by atoms with E-state index in [0.717, 1.165) is 28.1 Å². The SMILES string of the molecule is Cc1cc(C)cc(C(=O)Nc2cc(C)nn2-c2nc(-c3ccccc3)cs2)c1. The third kappa shape index (κ3) is 3.73. The Morgan fingerprint density at radius 2 is 1.71 bits per heavy atom. The van der Waals surface area contributed by atoms with Gasteiger partial charge in [-0.2, -0.15) is 9.78 Å². The Labute approximate surface area is 167 Å². The Bertz CT molecular complexity index is 1120. The van der Waals surface area contributed by atoms with Crippen molar-refractivity contribution in [1.82, 2.24) is 14.8 Å². The zero-order valence-corrected chi connectivity index (χ0v) is 16.7. The monoisotopic (exact) mass is 388 g/mol. The molecule has 0 bridgehead atoms. The number of carbonyl (C=O) groups is 1. The standard InChI is InChI=1S/C22H20N4OS/c1-14-9-15(2)11-18(10-14)21(27)24-20-12-16(3)25-26(20)22-23-19(13-28-22)17-7-5-4-6-8-17/h4-13H,1-3H3,(H,24,27). The van der Waals surface area contributed by atoms with Crippen LogP contribution >= 0.6 is 11.3 Å². The molecule has 5 nitrogen and oxygen atoms in total. The number of benzene rings is 2. The second kappa shape index (κ2) is 7.40. The van der Waals surface area contributed by atoms with Gasteiger partial charge in [0.05, 0.1) is 11.4 Å². The number of nitrogens with one attached hydrogen (secondary N) is 1. The number of thiazole rings is 1. The van der Waals surface area contributed by atoms with E-state index in [1.165, 1.54) is 11.3 Å². The number of carbonyl (C=O) groups excluding carboxylic acids is 1. The molecule has 6 heteroatoms. The van der Waals surface area contributed by atoms with Gasteiger partial charge in [-0.3, -0.25) is 4.79 Å². The summed E-state index contributed by atoms with van der Waals surface area (Å²) in [6.07, 6.45) is 0. The van der Waals surface area contributed by atoms with Gasteiger partial charge in [0.1, 0.15) is 5.82 Å². The summed E-state index contributed by atoms with van der Waals surface area (Å²) in [6, 6.07) is 17.7. The summed E-state index contributed by atoms with van der Waals surface area (Å²) in [5.41, 5.74) is 5.50. The fourth-order valence-corrected chi connectivity index (χ4v) is 3.93. The lowest BCUT2D eigenvalue weighted by atomic mass is 10.1. The maximum atomic E-state index is 12.8. The van der Waals surface area contributed by atoms with Gasteiger partial charge >= 0.3 is 0 Å². The number of aryl methyl sites for hydroxylation is 3. The molecule has 0 unspecified atom stereocenters. The number of amides is 1. The molecule has 2 heterocycles. The van der Waals surface area contributed by atoms with E-state index in [1.807, 2.05) is 80.7 Å². The van der Waals surface area contributed by atoms with Gasteiger partial charge in [0, 0.05) is 22.6 Å². The average molecular weight is 388 g/mol. The molecule has 0 aliphatic rings. The summed E-state index contributed by atoms with van der Waals surface area (Å²) in [7, 11) is 0. The summed E-state index contributed by atoms with van der Waals surface area (Å²) >= 11 is 1.49. The van der Waals surface area contributed by atoms with E-state index in [4.69, 9.17) is 4.98 Å². The summed E-state index contributed by atoms with van der Waals surface area (Å²) in [4.78, 5) is 17.5. The summed E-state index contributed by atoms with van der Waals surface area (Å²) in [6.45, 7) is 5.87. The molecule has 0 radical (unpaired) electrons. The third-order valence-corrected chi connectivity index (χ3v) is 5.12. The Morgan fingerprint density at radius 1 is 1.00 bits per heavy atom. The van der Waals surface area contributed by atoms with Crippen molar-refractivity contribution >= 4 is 23.1 Å². The van der Waals surface area contributed by atoms with Gasteiger partial charge < -0.3 is 5.32 Å². The zero-order valence-electron chi connectivity index (χ0n) is 15.9. The predicted molar refractivity (Wildman–Crippen MR) is 113 cm³/mol. The normalized spacial score (nSPS) is 10.8. The summed E-state index contributed by atoms with van der Waals surface area (Å²) in [5.74, 6) is 0.448. The number of aromatic nitrogens is 3. The molecule has 140 valence electrons. The van der Waals surface area contributed by atoms with Gasteiger partial charge in [-0.05, 0) is 32.9 Å². The van der Waals surface area contributed by atoms with Gasteiger partial charge in [-0.25, -0.2) is 4.98 Å². The van der Waals surface area contributed by atoms with Crippen LogP contribution in [0.5, 0.6) is 0 Å². The third-order valence-electron chi connectivity index (χ3n) is 4.30. The lowest BCUT2D eigenvalue weighted by Crippen LogP contribution is -2.15. The maximum absolute atomic E-state index is 12.8. The first-order valence-corrected chi connectivity index (χ1v) is 9.85. The largest absolute Gasteiger partial charge is 0.306 e. The van der Waals surface area contributed by atoms with Crippen molar-refractivity contribution < 1.29 is 4.79 Å². The highest BCUT2D eigenvalue weighted by Crippen LogP contribution is 2.26. The van der Waals surface area contributed by atoms with Crippen LogP contribution in [0.3, 0.4) is 0 Å². The van der Waals surface area contributed by atoms with Gasteiger partial charge in [0.15, 0.2) is 0 Å². The molecule has 0 atom stereocenters. The van der Waals surface area contributed by atoms with E-state index < -0.39 is 0 Å². The lowest BCUT2D eigenvalue weighted by molar-refractivity contribution is 0.102. The van der Waals surface area contributed by atoms with Crippen LogP contribution in [0.2, 0.25) is 0 Å². The van der Waals surface area contributed by atoms with E-state index >= 15 is 0 Å². The van der Waals surface area contributed by atoms with Crippen molar-refractivity contribution in [2.24, 2.45) is 0 Å². The predicted octanol–water partition coefficient (Wildman–Crippen LogP) is 5.17. The highest BCUT2D eigenvalue weighted by Gasteiger charge is 2.15. The van der Waals surface area contributed by atoms with E-state index in [1.54, 1.807) is 4.68 Å². The molecule has 0 aliphatic heterocycles. The molecule has 28 heavy (non-hydrogen) atoms. The number of anilines is 1. The van der Waals surface area contributed by atoms with Gasteiger partial charge in [0.25, 0.3) is 5.91 Å². The molecule has 2 aromatic carbocycles. The number of rotatable bonds is 4. The minimum Gasteiger partial charge on any atom is -0.306 e. The minimum absolute atomic E-state index is 0.159. The van der Waals surface area contributed by atoms with Crippen molar-refractivity contribution in [2.75, 3.05) is 5.32 Å². The van der Waals surface area contributed by atoms with E-state index in [2.05, 4.69) is 10.4 Å². The molecule has 0 fully saturated rings.